The number of likely N-dealkylation sites (N-methyl/N-ethyl adjacent to an activating group) is 1. The van der Waals surface area contributed by atoms with Crippen molar-refractivity contribution in [2.24, 2.45) is 0 Å². The maximum atomic E-state index is 11.9. The van der Waals surface area contributed by atoms with Gasteiger partial charge in [-0.15, -0.1) is 0 Å². The zero-order valence-corrected chi connectivity index (χ0v) is 13.0. The van der Waals surface area contributed by atoms with Crippen molar-refractivity contribution in [3.05, 3.63) is 17.0 Å². The molecular weight excluding hydrogens is 276 g/mol. The highest BCUT2D eigenvalue weighted by Crippen LogP contribution is 2.39. The lowest BCUT2D eigenvalue weighted by atomic mass is 10.3. The second-order valence-electron chi connectivity index (χ2n) is 5.39. The number of aromatic nitrogens is 2. The lowest BCUT2D eigenvalue weighted by Crippen LogP contribution is -2.37. The maximum absolute atomic E-state index is 11.9. The van der Waals surface area contributed by atoms with Gasteiger partial charge in [0.25, 0.3) is 0 Å². The molecule has 1 aromatic heterocycles. The van der Waals surface area contributed by atoms with Crippen LogP contribution in [0.25, 0.3) is 0 Å². The molecule has 0 atom stereocenters. The van der Waals surface area contributed by atoms with Crippen LogP contribution < -0.4 is 4.90 Å². The first kappa shape index (κ1) is 15.0. The average Bonchev–Trinajstić information content (AvgIpc) is 3.21. The van der Waals surface area contributed by atoms with E-state index >= 15 is 0 Å². The number of carbonyl (C=O) groups is 1. The van der Waals surface area contributed by atoms with E-state index in [9.17, 15) is 4.79 Å². The molecule has 0 aromatic carbocycles. The number of hydrogen-bond acceptors (Lipinski definition) is 4. The lowest BCUT2D eigenvalue weighted by Gasteiger charge is -2.24. The summed E-state index contributed by atoms with van der Waals surface area (Å²) in [6.45, 7) is 3.17. The van der Waals surface area contributed by atoms with E-state index in [4.69, 9.17) is 11.6 Å². The summed E-state index contributed by atoms with van der Waals surface area (Å²) in [7, 11) is 3.52. The van der Waals surface area contributed by atoms with E-state index < -0.39 is 0 Å². The average molecular weight is 297 g/mol. The molecule has 1 fully saturated rings. The summed E-state index contributed by atoms with van der Waals surface area (Å²) in [4.78, 5) is 24.4. The third kappa shape index (κ3) is 3.82. The Kier molecular flexibility index (Phi) is 4.81. The van der Waals surface area contributed by atoms with Gasteiger partial charge in [-0.2, -0.15) is 0 Å². The number of nitrogens with zero attached hydrogens (tertiary/aromatic N) is 4. The van der Waals surface area contributed by atoms with Crippen LogP contribution in [0, 0.1) is 0 Å². The van der Waals surface area contributed by atoms with Crippen LogP contribution in [0.1, 0.15) is 37.9 Å². The van der Waals surface area contributed by atoms with Crippen molar-refractivity contribution in [3.63, 3.8) is 0 Å². The smallest absolute Gasteiger partial charge is 0.241 e. The first-order chi connectivity index (χ1) is 9.51. The first-order valence-electron chi connectivity index (χ1n) is 7.00. The van der Waals surface area contributed by atoms with Gasteiger partial charge in [0.2, 0.25) is 5.91 Å². The number of rotatable bonds is 6. The first-order valence-corrected chi connectivity index (χ1v) is 7.38. The Balaban J connectivity index is 2.21. The highest BCUT2D eigenvalue weighted by Gasteiger charge is 2.28. The van der Waals surface area contributed by atoms with Gasteiger partial charge in [-0.3, -0.25) is 4.79 Å². The molecule has 0 unspecified atom stereocenters. The Morgan fingerprint density at radius 2 is 2.10 bits per heavy atom. The molecule has 2 rings (SSSR count). The molecule has 0 saturated heterocycles. The van der Waals surface area contributed by atoms with Crippen LogP contribution in [-0.2, 0) is 4.79 Å². The van der Waals surface area contributed by atoms with Gasteiger partial charge in [0.05, 0.1) is 6.54 Å². The third-order valence-electron chi connectivity index (χ3n) is 3.28. The standard InChI is InChI=1S/C14H21ClN4O/c1-4-7-19(9-13(20)18(2)3)12-8-11(15)16-14(17-12)10-5-6-10/h8,10H,4-7,9H2,1-3H3. The number of carbonyl (C=O) groups excluding carboxylic acids is 1. The van der Waals surface area contributed by atoms with Crippen LogP contribution in [0.4, 0.5) is 5.82 Å². The lowest BCUT2D eigenvalue weighted by molar-refractivity contribution is -0.127. The van der Waals surface area contributed by atoms with Crippen molar-refractivity contribution in [2.45, 2.75) is 32.1 Å². The van der Waals surface area contributed by atoms with Crippen molar-refractivity contribution >= 4 is 23.3 Å². The van der Waals surface area contributed by atoms with E-state index in [1.807, 2.05) is 4.90 Å². The summed E-state index contributed by atoms with van der Waals surface area (Å²) in [5, 5.41) is 0.454. The van der Waals surface area contributed by atoms with Crippen LogP contribution >= 0.6 is 11.6 Å². The van der Waals surface area contributed by atoms with Crippen molar-refractivity contribution in [1.82, 2.24) is 14.9 Å². The topological polar surface area (TPSA) is 49.3 Å². The SMILES string of the molecule is CCCN(CC(=O)N(C)C)c1cc(Cl)nc(C2CC2)n1. The van der Waals surface area contributed by atoms with Gasteiger partial charge in [0.1, 0.15) is 16.8 Å². The fraction of sp³-hybridized carbons (Fsp3) is 0.643. The largest absolute Gasteiger partial charge is 0.347 e. The molecule has 1 saturated carbocycles. The molecule has 110 valence electrons. The maximum Gasteiger partial charge on any atom is 0.241 e. The molecule has 1 aromatic rings. The summed E-state index contributed by atoms with van der Waals surface area (Å²) >= 11 is 6.09. The Bertz CT molecular complexity index is 488. The molecule has 1 aliphatic rings. The van der Waals surface area contributed by atoms with E-state index in [-0.39, 0.29) is 5.91 Å². The van der Waals surface area contributed by atoms with E-state index in [0.29, 0.717) is 17.6 Å². The molecule has 0 bridgehead atoms. The molecule has 1 aliphatic carbocycles. The van der Waals surface area contributed by atoms with Crippen molar-refractivity contribution in [2.75, 3.05) is 32.1 Å². The summed E-state index contributed by atoms with van der Waals surface area (Å²) in [5.41, 5.74) is 0. The van der Waals surface area contributed by atoms with Crippen LogP contribution in [0.3, 0.4) is 0 Å². The van der Waals surface area contributed by atoms with Crippen LogP contribution in [0.2, 0.25) is 5.15 Å². The molecule has 5 nitrogen and oxygen atoms in total. The molecule has 0 spiro atoms. The van der Waals surface area contributed by atoms with E-state index in [0.717, 1.165) is 37.4 Å². The summed E-state index contributed by atoms with van der Waals surface area (Å²) in [5.74, 6) is 2.07. The van der Waals surface area contributed by atoms with E-state index in [2.05, 4.69) is 16.9 Å². The minimum atomic E-state index is 0.0566. The summed E-state index contributed by atoms with van der Waals surface area (Å²) in [6, 6.07) is 1.74. The molecule has 1 heterocycles. The van der Waals surface area contributed by atoms with Crippen LogP contribution in [0.5, 0.6) is 0 Å². The summed E-state index contributed by atoms with van der Waals surface area (Å²) in [6.07, 6.45) is 3.20. The highest BCUT2D eigenvalue weighted by molar-refractivity contribution is 6.29. The van der Waals surface area contributed by atoms with Crippen molar-refractivity contribution in [1.29, 1.82) is 0 Å². The van der Waals surface area contributed by atoms with Gasteiger partial charge in [0, 0.05) is 32.6 Å². The fourth-order valence-corrected chi connectivity index (χ4v) is 2.14. The summed E-state index contributed by atoms with van der Waals surface area (Å²) < 4.78 is 0. The van der Waals surface area contributed by atoms with Crippen LogP contribution in [-0.4, -0.2) is 48.0 Å². The monoisotopic (exact) mass is 296 g/mol. The minimum Gasteiger partial charge on any atom is -0.347 e. The molecule has 0 N–H and O–H groups in total. The number of anilines is 1. The van der Waals surface area contributed by atoms with Gasteiger partial charge >= 0.3 is 0 Å². The molecule has 6 heteroatoms. The third-order valence-corrected chi connectivity index (χ3v) is 3.48. The molecule has 0 radical (unpaired) electrons. The van der Waals surface area contributed by atoms with E-state index in [1.54, 1.807) is 25.1 Å². The Morgan fingerprint density at radius 3 is 2.65 bits per heavy atom. The Hall–Kier alpha value is -1.36. The Labute approximate surface area is 124 Å². The molecular formula is C14H21ClN4O. The van der Waals surface area contributed by atoms with E-state index in [1.165, 1.54) is 0 Å². The zero-order chi connectivity index (χ0) is 14.7. The second-order valence-corrected chi connectivity index (χ2v) is 5.78. The number of hydrogen-bond donors (Lipinski definition) is 0. The van der Waals surface area contributed by atoms with Gasteiger partial charge in [0.15, 0.2) is 0 Å². The van der Waals surface area contributed by atoms with Gasteiger partial charge in [-0.1, -0.05) is 18.5 Å². The van der Waals surface area contributed by atoms with Gasteiger partial charge < -0.3 is 9.80 Å². The quantitative estimate of drug-likeness (QED) is 0.756. The van der Waals surface area contributed by atoms with Crippen molar-refractivity contribution < 1.29 is 4.79 Å². The normalized spacial score (nSPS) is 14.2. The minimum absolute atomic E-state index is 0.0566. The second kappa shape index (κ2) is 6.39. The van der Waals surface area contributed by atoms with Gasteiger partial charge in [-0.25, -0.2) is 9.97 Å². The number of halogens is 1. The predicted molar refractivity (Wildman–Crippen MR) is 80.2 cm³/mol. The molecule has 0 aliphatic heterocycles. The zero-order valence-electron chi connectivity index (χ0n) is 12.3. The highest BCUT2D eigenvalue weighted by atomic mass is 35.5. The fourth-order valence-electron chi connectivity index (χ4n) is 1.96. The predicted octanol–water partition coefficient (Wildman–Crippen LogP) is 2.31. The molecule has 20 heavy (non-hydrogen) atoms. The molecule has 1 amide bonds. The number of amides is 1. The van der Waals surface area contributed by atoms with Crippen molar-refractivity contribution in [3.8, 4) is 0 Å². The van der Waals surface area contributed by atoms with Gasteiger partial charge in [-0.05, 0) is 19.3 Å². The van der Waals surface area contributed by atoms with Crippen LogP contribution in [0.15, 0.2) is 6.07 Å². The Morgan fingerprint density at radius 1 is 1.40 bits per heavy atom.